The molecule has 0 atom stereocenters. The minimum Gasteiger partial charge on any atom is -0.317 e. The first kappa shape index (κ1) is 11.4. The summed E-state index contributed by atoms with van der Waals surface area (Å²) in [5.41, 5.74) is 0.451. The van der Waals surface area contributed by atoms with Gasteiger partial charge in [0.1, 0.15) is 0 Å². The molecule has 4 nitrogen and oxygen atoms in total. The van der Waals surface area contributed by atoms with Gasteiger partial charge in [-0.1, -0.05) is 0 Å². The molecule has 2 aliphatic rings. The van der Waals surface area contributed by atoms with Gasteiger partial charge in [0.25, 0.3) is 0 Å². The summed E-state index contributed by atoms with van der Waals surface area (Å²) in [7, 11) is -3.00. The van der Waals surface area contributed by atoms with Gasteiger partial charge in [0, 0.05) is 6.04 Å². The van der Waals surface area contributed by atoms with Crippen molar-refractivity contribution in [1.29, 1.82) is 0 Å². The summed E-state index contributed by atoms with van der Waals surface area (Å²) in [5.74, 6) is 0.193. The molecule has 0 amide bonds. The van der Waals surface area contributed by atoms with Crippen molar-refractivity contribution in [1.82, 2.24) is 10.0 Å². The molecule has 1 saturated heterocycles. The van der Waals surface area contributed by atoms with Gasteiger partial charge in [0.05, 0.1) is 5.75 Å². The van der Waals surface area contributed by atoms with Crippen LogP contribution in [0, 0.1) is 5.41 Å². The Morgan fingerprint density at radius 3 is 2.47 bits per heavy atom. The van der Waals surface area contributed by atoms with E-state index in [1.807, 2.05) is 0 Å². The Labute approximate surface area is 91.9 Å². The molecule has 1 heterocycles. The van der Waals surface area contributed by atoms with E-state index in [9.17, 15) is 8.42 Å². The minimum absolute atomic E-state index is 0.193. The van der Waals surface area contributed by atoms with Crippen molar-refractivity contribution in [3.8, 4) is 0 Å². The fraction of sp³-hybridized carbons (Fsp3) is 1.00. The quantitative estimate of drug-likeness (QED) is 0.743. The first-order valence-corrected chi connectivity index (χ1v) is 7.41. The number of hydrogen-bond donors (Lipinski definition) is 2. The summed E-state index contributed by atoms with van der Waals surface area (Å²) in [5, 5.41) is 3.34. The predicted octanol–water partition coefficient (Wildman–Crippen LogP) is 0.458. The molecule has 0 unspecified atom stereocenters. The standard InChI is InChI=1S/C10H20N2O2S/c1-2-15(13,14)12-9-7-10(8-9)3-5-11-6-4-10/h9,11-12H,2-8H2,1H3. The van der Waals surface area contributed by atoms with Crippen LogP contribution in [0.1, 0.15) is 32.6 Å². The Balaban J connectivity index is 1.82. The first-order valence-electron chi connectivity index (χ1n) is 5.76. The molecular weight excluding hydrogens is 212 g/mol. The van der Waals surface area contributed by atoms with Crippen LogP contribution in [0.15, 0.2) is 0 Å². The molecule has 2 N–H and O–H groups in total. The van der Waals surface area contributed by atoms with Gasteiger partial charge in [-0.25, -0.2) is 13.1 Å². The molecule has 1 saturated carbocycles. The summed E-state index contributed by atoms with van der Waals surface area (Å²) in [6, 6.07) is 0.202. The molecule has 15 heavy (non-hydrogen) atoms. The SMILES string of the molecule is CCS(=O)(=O)NC1CC2(CCNCC2)C1. The zero-order chi connectivity index (χ0) is 10.9. The maximum absolute atomic E-state index is 11.4. The maximum Gasteiger partial charge on any atom is 0.211 e. The van der Waals surface area contributed by atoms with Crippen molar-refractivity contribution in [2.24, 2.45) is 5.41 Å². The topological polar surface area (TPSA) is 58.2 Å². The van der Waals surface area contributed by atoms with Crippen molar-refractivity contribution in [2.45, 2.75) is 38.6 Å². The molecule has 0 aromatic rings. The third kappa shape index (κ3) is 2.52. The zero-order valence-corrected chi connectivity index (χ0v) is 10.1. The first-order chi connectivity index (χ1) is 7.05. The molecule has 1 aliphatic carbocycles. The summed E-state index contributed by atoms with van der Waals surface area (Å²) in [6.45, 7) is 3.86. The van der Waals surface area contributed by atoms with Gasteiger partial charge in [-0.15, -0.1) is 0 Å². The largest absolute Gasteiger partial charge is 0.317 e. The normalized spacial score (nSPS) is 26.5. The molecule has 0 aromatic carbocycles. The number of hydrogen-bond acceptors (Lipinski definition) is 3. The Bertz CT molecular complexity index is 312. The van der Waals surface area contributed by atoms with Crippen LogP contribution in [0.25, 0.3) is 0 Å². The van der Waals surface area contributed by atoms with Crippen LogP contribution in [-0.4, -0.2) is 33.3 Å². The van der Waals surface area contributed by atoms with Crippen LogP contribution in [-0.2, 0) is 10.0 Å². The maximum atomic E-state index is 11.4. The number of piperidine rings is 1. The van der Waals surface area contributed by atoms with Gasteiger partial charge in [-0.2, -0.15) is 0 Å². The predicted molar refractivity (Wildman–Crippen MR) is 60.2 cm³/mol. The second-order valence-corrected chi connectivity index (χ2v) is 6.92. The van der Waals surface area contributed by atoms with Crippen LogP contribution < -0.4 is 10.0 Å². The monoisotopic (exact) mass is 232 g/mol. The van der Waals surface area contributed by atoms with Crippen molar-refractivity contribution in [3.63, 3.8) is 0 Å². The highest BCUT2D eigenvalue weighted by atomic mass is 32.2. The van der Waals surface area contributed by atoms with Gasteiger partial charge in [-0.05, 0) is 51.1 Å². The van der Waals surface area contributed by atoms with Crippen LogP contribution in [0.4, 0.5) is 0 Å². The Morgan fingerprint density at radius 1 is 1.33 bits per heavy atom. The number of sulfonamides is 1. The average molecular weight is 232 g/mol. The van der Waals surface area contributed by atoms with E-state index in [0.717, 1.165) is 25.9 Å². The fourth-order valence-electron chi connectivity index (χ4n) is 2.77. The lowest BCUT2D eigenvalue weighted by Crippen LogP contribution is -2.54. The molecule has 1 spiro atoms. The molecule has 0 radical (unpaired) electrons. The van der Waals surface area contributed by atoms with Gasteiger partial charge in [0.15, 0.2) is 0 Å². The zero-order valence-electron chi connectivity index (χ0n) is 9.25. The van der Waals surface area contributed by atoms with E-state index >= 15 is 0 Å². The number of nitrogens with one attached hydrogen (secondary N) is 2. The van der Waals surface area contributed by atoms with E-state index in [0.29, 0.717) is 5.41 Å². The van der Waals surface area contributed by atoms with E-state index in [-0.39, 0.29) is 11.8 Å². The van der Waals surface area contributed by atoms with Crippen LogP contribution in [0.5, 0.6) is 0 Å². The van der Waals surface area contributed by atoms with Crippen molar-refractivity contribution in [3.05, 3.63) is 0 Å². The van der Waals surface area contributed by atoms with E-state index in [1.54, 1.807) is 6.92 Å². The van der Waals surface area contributed by atoms with Crippen molar-refractivity contribution in [2.75, 3.05) is 18.8 Å². The molecule has 1 aliphatic heterocycles. The minimum atomic E-state index is -3.00. The fourth-order valence-corrected chi connectivity index (χ4v) is 3.61. The third-order valence-corrected chi connectivity index (χ3v) is 5.20. The highest BCUT2D eigenvalue weighted by molar-refractivity contribution is 7.89. The van der Waals surface area contributed by atoms with E-state index in [1.165, 1.54) is 12.8 Å². The van der Waals surface area contributed by atoms with Gasteiger partial charge in [0.2, 0.25) is 10.0 Å². The molecule has 5 heteroatoms. The van der Waals surface area contributed by atoms with Gasteiger partial charge < -0.3 is 5.32 Å². The van der Waals surface area contributed by atoms with E-state index in [4.69, 9.17) is 0 Å². The average Bonchev–Trinajstić information content (AvgIpc) is 2.17. The Kier molecular flexibility index (Phi) is 3.05. The van der Waals surface area contributed by atoms with E-state index in [2.05, 4.69) is 10.0 Å². The molecule has 88 valence electrons. The number of rotatable bonds is 3. The smallest absolute Gasteiger partial charge is 0.211 e. The lowest BCUT2D eigenvalue weighted by atomic mass is 9.61. The molecule has 2 fully saturated rings. The highest BCUT2D eigenvalue weighted by Crippen LogP contribution is 2.47. The Morgan fingerprint density at radius 2 is 1.93 bits per heavy atom. The molecule has 2 rings (SSSR count). The third-order valence-electron chi connectivity index (χ3n) is 3.75. The van der Waals surface area contributed by atoms with Gasteiger partial charge in [-0.3, -0.25) is 0 Å². The second-order valence-electron chi connectivity index (χ2n) is 4.88. The summed E-state index contributed by atoms with van der Waals surface area (Å²) >= 11 is 0. The van der Waals surface area contributed by atoms with Gasteiger partial charge >= 0.3 is 0 Å². The summed E-state index contributed by atoms with van der Waals surface area (Å²) in [6.07, 6.45) is 4.48. The molecule has 0 bridgehead atoms. The lowest BCUT2D eigenvalue weighted by molar-refractivity contribution is 0.0563. The molecular formula is C10H20N2O2S. The van der Waals surface area contributed by atoms with Crippen LogP contribution >= 0.6 is 0 Å². The van der Waals surface area contributed by atoms with Crippen molar-refractivity contribution < 1.29 is 8.42 Å². The molecule has 0 aromatic heterocycles. The van der Waals surface area contributed by atoms with E-state index < -0.39 is 10.0 Å². The summed E-state index contributed by atoms with van der Waals surface area (Å²) < 4.78 is 25.5. The highest BCUT2D eigenvalue weighted by Gasteiger charge is 2.45. The van der Waals surface area contributed by atoms with Crippen LogP contribution in [0.3, 0.4) is 0 Å². The second kappa shape index (κ2) is 4.03. The van der Waals surface area contributed by atoms with Crippen molar-refractivity contribution >= 4 is 10.0 Å². The lowest BCUT2D eigenvalue weighted by Gasteiger charge is -2.50. The Hall–Kier alpha value is -0.130. The summed E-state index contributed by atoms with van der Waals surface area (Å²) in [4.78, 5) is 0. The van der Waals surface area contributed by atoms with Crippen LogP contribution in [0.2, 0.25) is 0 Å².